The third kappa shape index (κ3) is 4.18. The van der Waals surface area contributed by atoms with E-state index >= 15 is 0 Å². The molecule has 1 N–H and O–H groups in total. The van der Waals surface area contributed by atoms with Crippen LogP contribution in [-0.2, 0) is 16.1 Å². The average molecular weight is 384 g/mol. The number of imidazole rings is 1. The number of nitrogens with zero attached hydrogens (tertiary/aromatic N) is 3. The van der Waals surface area contributed by atoms with Crippen molar-refractivity contribution in [1.82, 2.24) is 19.8 Å². The molecule has 3 rings (SSSR count). The second-order valence-corrected chi connectivity index (χ2v) is 7.02. The number of methoxy groups -OCH3 is 1. The molecule has 1 aliphatic heterocycles. The number of ether oxygens (including phenoxy) is 1. The second-order valence-electron chi connectivity index (χ2n) is 7.02. The van der Waals surface area contributed by atoms with Gasteiger partial charge in [0.1, 0.15) is 11.6 Å². The topological polar surface area (TPSA) is 76.5 Å². The lowest BCUT2D eigenvalue weighted by Crippen LogP contribution is -2.36. The Hall–Kier alpha value is -2.83. The van der Waals surface area contributed by atoms with Crippen LogP contribution in [0.3, 0.4) is 0 Å². The third-order valence-electron chi connectivity index (χ3n) is 5.37. The maximum absolute atomic E-state index is 12.9. The Morgan fingerprint density at radius 2 is 2.07 bits per heavy atom. The number of rotatable bonds is 8. The van der Waals surface area contributed by atoms with Gasteiger partial charge in [-0.25, -0.2) is 4.98 Å². The number of aromatic nitrogens is 2. The lowest BCUT2D eigenvalue weighted by atomic mass is 9.92. The maximum Gasteiger partial charge on any atom is 0.226 e. The third-order valence-corrected chi connectivity index (χ3v) is 5.37. The highest BCUT2D eigenvalue weighted by atomic mass is 16.5. The molecule has 0 bridgehead atoms. The lowest BCUT2D eigenvalue weighted by Gasteiger charge is -2.27. The van der Waals surface area contributed by atoms with E-state index in [1.54, 1.807) is 18.2 Å². The molecule has 2 atom stereocenters. The van der Waals surface area contributed by atoms with Crippen LogP contribution in [0.15, 0.2) is 36.7 Å². The van der Waals surface area contributed by atoms with Crippen molar-refractivity contribution in [2.24, 2.45) is 5.92 Å². The molecule has 7 heteroatoms. The minimum absolute atomic E-state index is 0.0255. The highest BCUT2D eigenvalue weighted by Crippen LogP contribution is 2.38. The van der Waals surface area contributed by atoms with E-state index < -0.39 is 0 Å². The van der Waals surface area contributed by atoms with Gasteiger partial charge < -0.3 is 19.5 Å². The predicted octanol–water partition coefficient (Wildman–Crippen LogP) is 2.32. The molecular formula is C21H28N4O3. The number of hydrogen-bond donors (Lipinski definition) is 1. The van der Waals surface area contributed by atoms with Crippen LogP contribution < -0.4 is 10.1 Å². The highest BCUT2D eigenvalue weighted by molar-refractivity contribution is 5.90. The predicted molar refractivity (Wildman–Crippen MR) is 106 cm³/mol. The molecule has 2 amide bonds. The van der Waals surface area contributed by atoms with Crippen molar-refractivity contribution in [2.75, 3.05) is 20.2 Å². The van der Waals surface area contributed by atoms with Crippen LogP contribution in [0.5, 0.6) is 5.75 Å². The van der Waals surface area contributed by atoms with E-state index in [1.165, 1.54) is 0 Å². The molecule has 0 radical (unpaired) electrons. The SMILES string of the molecule is CCN1C(=O)C[C@@H](C(=O)NCCCn2ccnc2C)[C@@H]1c1ccc(OC)cc1. The zero-order valence-corrected chi connectivity index (χ0v) is 16.7. The molecule has 150 valence electrons. The first-order valence-corrected chi connectivity index (χ1v) is 9.74. The van der Waals surface area contributed by atoms with E-state index in [4.69, 9.17) is 4.74 Å². The van der Waals surface area contributed by atoms with Crippen LogP contribution in [-0.4, -0.2) is 46.5 Å². The number of nitrogens with one attached hydrogen (secondary N) is 1. The first-order valence-electron chi connectivity index (χ1n) is 9.74. The Balaban J connectivity index is 1.64. The fourth-order valence-electron chi connectivity index (χ4n) is 3.84. The first-order chi connectivity index (χ1) is 13.5. The normalized spacial score (nSPS) is 19.1. The van der Waals surface area contributed by atoms with Crippen LogP contribution in [0.2, 0.25) is 0 Å². The maximum atomic E-state index is 12.9. The Morgan fingerprint density at radius 1 is 1.32 bits per heavy atom. The summed E-state index contributed by atoms with van der Waals surface area (Å²) in [6.07, 6.45) is 4.77. The summed E-state index contributed by atoms with van der Waals surface area (Å²) in [6, 6.07) is 7.38. The molecule has 0 spiro atoms. The van der Waals surface area contributed by atoms with E-state index in [0.717, 1.165) is 30.1 Å². The van der Waals surface area contributed by atoms with Gasteiger partial charge in [-0.1, -0.05) is 12.1 Å². The molecular weight excluding hydrogens is 356 g/mol. The molecule has 7 nitrogen and oxygen atoms in total. The molecule has 1 aromatic heterocycles. The smallest absolute Gasteiger partial charge is 0.226 e. The number of amides is 2. The Kier molecular flexibility index (Phi) is 6.34. The molecule has 0 unspecified atom stereocenters. The van der Waals surface area contributed by atoms with Crippen LogP contribution in [0.4, 0.5) is 0 Å². The van der Waals surface area contributed by atoms with Gasteiger partial charge in [-0.2, -0.15) is 0 Å². The van der Waals surface area contributed by atoms with Gasteiger partial charge in [-0.05, 0) is 38.0 Å². The van der Waals surface area contributed by atoms with Crippen molar-refractivity contribution in [3.63, 3.8) is 0 Å². The second kappa shape index (κ2) is 8.91. The summed E-state index contributed by atoms with van der Waals surface area (Å²) in [5, 5.41) is 3.02. The fraction of sp³-hybridized carbons (Fsp3) is 0.476. The fourth-order valence-corrected chi connectivity index (χ4v) is 3.84. The monoisotopic (exact) mass is 384 g/mol. The van der Waals surface area contributed by atoms with Crippen molar-refractivity contribution in [2.45, 2.75) is 39.3 Å². The molecule has 28 heavy (non-hydrogen) atoms. The molecule has 1 saturated heterocycles. The standard InChI is InChI=1S/C21H28N4O3/c1-4-25-19(26)14-18(20(25)16-6-8-17(28-3)9-7-16)21(27)23-10-5-12-24-13-11-22-15(24)2/h6-9,11,13,18,20H,4-5,10,12,14H2,1-3H3,(H,23,27)/t18-,20+/m1/s1. The summed E-state index contributed by atoms with van der Waals surface area (Å²) in [4.78, 5) is 31.3. The van der Waals surface area contributed by atoms with Crippen LogP contribution >= 0.6 is 0 Å². The zero-order valence-electron chi connectivity index (χ0n) is 16.7. The number of hydrogen-bond acceptors (Lipinski definition) is 4. The van der Waals surface area contributed by atoms with Gasteiger partial charge in [-0.15, -0.1) is 0 Å². The Morgan fingerprint density at radius 3 is 2.68 bits per heavy atom. The number of benzene rings is 1. The van der Waals surface area contributed by atoms with E-state index in [-0.39, 0.29) is 30.2 Å². The van der Waals surface area contributed by atoms with Crippen LogP contribution in [0.25, 0.3) is 0 Å². The van der Waals surface area contributed by atoms with E-state index in [0.29, 0.717) is 13.1 Å². The van der Waals surface area contributed by atoms with E-state index in [2.05, 4.69) is 14.9 Å². The van der Waals surface area contributed by atoms with Gasteiger partial charge in [-0.3, -0.25) is 9.59 Å². The lowest BCUT2D eigenvalue weighted by molar-refractivity contribution is -0.129. The van der Waals surface area contributed by atoms with Crippen molar-refractivity contribution >= 4 is 11.8 Å². The van der Waals surface area contributed by atoms with Gasteiger partial charge >= 0.3 is 0 Å². The molecule has 1 aliphatic rings. The van der Waals surface area contributed by atoms with Gasteiger partial charge in [0.05, 0.1) is 19.1 Å². The van der Waals surface area contributed by atoms with Crippen molar-refractivity contribution < 1.29 is 14.3 Å². The van der Waals surface area contributed by atoms with Gasteiger partial charge in [0.15, 0.2) is 0 Å². The van der Waals surface area contributed by atoms with E-state index in [1.807, 2.05) is 44.3 Å². The first kappa shape index (κ1) is 19.9. The average Bonchev–Trinajstić information content (AvgIpc) is 3.27. The molecule has 2 aromatic rings. The number of aryl methyl sites for hydroxylation is 2. The highest BCUT2D eigenvalue weighted by Gasteiger charge is 2.43. The van der Waals surface area contributed by atoms with Crippen molar-refractivity contribution in [3.8, 4) is 5.75 Å². The molecule has 1 aromatic carbocycles. The molecule has 1 fully saturated rings. The zero-order chi connectivity index (χ0) is 20.1. The van der Waals surface area contributed by atoms with Crippen molar-refractivity contribution in [3.05, 3.63) is 48.0 Å². The number of carbonyl (C=O) groups is 2. The van der Waals surface area contributed by atoms with E-state index in [9.17, 15) is 9.59 Å². The Labute approximate surface area is 165 Å². The minimum Gasteiger partial charge on any atom is -0.497 e. The minimum atomic E-state index is -0.379. The summed E-state index contributed by atoms with van der Waals surface area (Å²) in [7, 11) is 1.62. The summed E-state index contributed by atoms with van der Waals surface area (Å²) < 4.78 is 7.28. The number of carbonyl (C=O) groups excluding carboxylic acids is 2. The summed E-state index contributed by atoms with van der Waals surface area (Å²) in [5.74, 6) is 1.30. The quantitative estimate of drug-likeness (QED) is 0.709. The van der Waals surface area contributed by atoms with Crippen LogP contribution in [0, 0.1) is 12.8 Å². The van der Waals surface area contributed by atoms with Crippen LogP contribution in [0.1, 0.15) is 37.2 Å². The summed E-state index contributed by atoms with van der Waals surface area (Å²) in [5.41, 5.74) is 0.961. The van der Waals surface area contributed by atoms with Gasteiger partial charge in [0.25, 0.3) is 0 Å². The molecule has 2 heterocycles. The molecule has 0 aliphatic carbocycles. The molecule has 0 saturated carbocycles. The van der Waals surface area contributed by atoms with Gasteiger partial charge in [0, 0.05) is 38.4 Å². The number of likely N-dealkylation sites (tertiary alicyclic amines) is 1. The Bertz CT molecular complexity index is 815. The van der Waals surface area contributed by atoms with Crippen molar-refractivity contribution in [1.29, 1.82) is 0 Å². The summed E-state index contributed by atoms with van der Waals surface area (Å²) in [6.45, 7) is 5.87. The summed E-state index contributed by atoms with van der Waals surface area (Å²) >= 11 is 0. The largest absolute Gasteiger partial charge is 0.497 e. The van der Waals surface area contributed by atoms with Gasteiger partial charge in [0.2, 0.25) is 11.8 Å².